The Labute approximate surface area is 178 Å². The molecule has 30 heavy (non-hydrogen) atoms. The zero-order chi connectivity index (χ0) is 21.1. The van der Waals surface area contributed by atoms with Gasteiger partial charge in [0.15, 0.2) is 0 Å². The van der Waals surface area contributed by atoms with Crippen molar-refractivity contribution in [1.29, 1.82) is 0 Å². The van der Waals surface area contributed by atoms with Crippen molar-refractivity contribution >= 4 is 28.6 Å². The molecule has 2 N–H and O–H groups in total. The van der Waals surface area contributed by atoms with Gasteiger partial charge in [-0.2, -0.15) is 5.10 Å². The number of aromatic nitrogens is 3. The Morgan fingerprint density at radius 3 is 2.60 bits per heavy atom. The molecular formula is C23H20ClN3O3. The molecule has 2 aromatic carbocycles. The standard InChI is InChI=1S/C23H20ClN3O3/c1-2-30-21(29)12-11-18-23-19(27-26-18)13-17(24)22(25-23)15-9-7-14(8-10-15)16-5-3-4-6-20(16)28/h3-10,13,28H,2,11-12H2,1H3,(H,26,27). The second kappa shape index (κ2) is 8.55. The maximum Gasteiger partial charge on any atom is 0.306 e. The lowest BCUT2D eigenvalue weighted by atomic mass is 10.0. The van der Waals surface area contributed by atoms with E-state index in [4.69, 9.17) is 21.3 Å². The van der Waals surface area contributed by atoms with Gasteiger partial charge in [-0.3, -0.25) is 9.89 Å². The van der Waals surface area contributed by atoms with Gasteiger partial charge in [0.1, 0.15) is 11.3 Å². The molecule has 152 valence electrons. The maximum absolute atomic E-state index is 11.7. The molecule has 0 fully saturated rings. The number of carbonyl (C=O) groups is 1. The molecule has 2 heterocycles. The third-order valence-electron chi connectivity index (χ3n) is 4.81. The number of pyridine rings is 1. The lowest BCUT2D eigenvalue weighted by Gasteiger charge is -2.08. The number of aryl methyl sites for hydroxylation is 1. The summed E-state index contributed by atoms with van der Waals surface area (Å²) < 4.78 is 4.98. The van der Waals surface area contributed by atoms with Gasteiger partial charge in [-0.25, -0.2) is 4.98 Å². The van der Waals surface area contributed by atoms with Gasteiger partial charge >= 0.3 is 5.97 Å². The number of hydrogen-bond donors (Lipinski definition) is 2. The number of esters is 1. The number of phenolic OH excluding ortho intramolecular Hbond substituents is 1. The van der Waals surface area contributed by atoms with Gasteiger partial charge in [-0.1, -0.05) is 54.1 Å². The highest BCUT2D eigenvalue weighted by atomic mass is 35.5. The van der Waals surface area contributed by atoms with Crippen LogP contribution < -0.4 is 0 Å². The number of benzene rings is 2. The topological polar surface area (TPSA) is 88.1 Å². The van der Waals surface area contributed by atoms with E-state index in [1.807, 2.05) is 36.4 Å². The summed E-state index contributed by atoms with van der Waals surface area (Å²) in [6.45, 7) is 2.14. The zero-order valence-electron chi connectivity index (χ0n) is 16.4. The van der Waals surface area contributed by atoms with Crippen molar-refractivity contribution in [3.05, 3.63) is 65.3 Å². The summed E-state index contributed by atoms with van der Waals surface area (Å²) in [6.07, 6.45) is 0.668. The molecule has 0 aliphatic rings. The predicted octanol–water partition coefficient (Wildman–Crippen LogP) is 5.15. The number of halogens is 1. The molecular weight excluding hydrogens is 402 g/mol. The van der Waals surface area contributed by atoms with E-state index in [-0.39, 0.29) is 18.1 Å². The van der Waals surface area contributed by atoms with Gasteiger partial charge in [0, 0.05) is 17.5 Å². The fourth-order valence-corrected chi connectivity index (χ4v) is 3.59. The number of phenols is 1. The molecule has 7 heteroatoms. The molecule has 4 aromatic rings. The van der Waals surface area contributed by atoms with E-state index in [0.717, 1.165) is 16.7 Å². The third-order valence-corrected chi connectivity index (χ3v) is 5.09. The smallest absolute Gasteiger partial charge is 0.306 e. The molecule has 0 atom stereocenters. The van der Waals surface area contributed by atoms with Gasteiger partial charge < -0.3 is 9.84 Å². The summed E-state index contributed by atoms with van der Waals surface area (Å²) in [5.74, 6) is -0.0324. The Morgan fingerprint density at radius 2 is 1.87 bits per heavy atom. The van der Waals surface area contributed by atoms with Crippen LogP contribution in [0.25, 0.3) is 33.4 Å². The van der Waals surface area contributed by atoms with Crippen LogP contribution in [0.4, 0.5) is 0 Å². The van der Waals surface area contributed by atoms with E-state index in [1.54, 1.807) is 25.1 Å². The first-order chi connectivity index (χ1) is 14.6. The number of nitrogens with zero attached hydrogens (tertiary/aromatic N) is 2. The molecule has 0 bridgehead atoms. The molecule has 6 nitrogen and oxygen atoms in total. The number of H-pyrrole nitrogens is 1. The van der Waals surface area contributed by atoms with E-state index < -0.39 is 0 Å². The van der Waals surface area contributed by atoms with E-state index >= 15 is 0 Å². The highest BCUT2D eigenvalue weighted by Crippen LogP contribution is 2.33. The SMILES string of the molecule is CCOC(=O)CCc1n[nH]c2cc(Cl)c(-c3ccc(-c4ccccc4O)cc3)nc12. The highest BCUT2D eigenvalue weighted by molar-refractivity contribution is 6.33. The van der Waals surface area contributed by atoms with Crippen LogP contribution >= 0.6 is 11.6 Å². The summed E-state index contributed by atoms with van der Waals surface area (Å²) in [5, 5.41) is 17.8. The van der Waals surface area contributed by atoms with Crippen molar-refractivity contribution in [2.75, 3.05) is 6.61 Å². The number of carbonyl (C=O) groups excluding carboxylic acids is 1. The van der Waals surface area contributed by atoms with Crippen LogP contribution in [-0.4, -0.2) is 32.9 Å². The van der Waals surface area contributed by atoms with Crippen molar-refractivity contribution in [3.63, 3.8) is 0 Å². The Hall–Kier alpha value is -3.38. The van der Waals surface area contributed by atoms with Crippen LogP contribution in [0.3, 0.4) is 0 Å². The molecule has 0 spiro atoms. The largest absolute Gasteiger partial charge is 0.507 e. The van der Waals surface area contributed by atoms with Crippen molar-refractivity contribution in [2.45, 2.75) is 19.8 Å². The number of rotatable bonds is 6. The Kier molecular flexibility index (Phi) is 5.68. The Morgan fingerprint density at radius 1 is 1.13 bits per heavy atom. The molecule has 0 aliphatic carbocycles. The molecule has 4 rings (SSSR count). The van der Waals surface area contributed by atoms with Gasteiger partial charge in [-0.05, 0) is 24.6 Å². The van der Waals surface area contributed by atoms with E-state index in [0.29, 0.717) is 40.5 Å². The zero-order valence-corrected chi connectivity index (χ0v) is 17.1. The highest BCUT2D eigenvalue weighted by Gasteiger charge is 2.15. The van der Waals surface area contributed by atoms with E-state index in [9.17, 15) is 9.90 Å². The number of hydrogen-bond acceptors (Lipinski definition) is 5. The molecule has 0 amide bonds. The number of aromatic amines is 1. The first-order valence-corrected chi connectivity index (χ1v) is 10.0. The first-order valence-electron chi connectivity index (χ1n) is 9.64. The second-order valence-electron chi connectivity index (χ2n) is 6.78. The molecule has 0 aliphatic heterocycles. The number of aromatic hydroxyl groups is 1. The monoisotopic (exact) mass is 421 g/mol. The van der Waals surface area contributed by atoms with Gasteiger partial charge in [0.2, 0.25) is 0 Å². The number of ether oxygens (including phenoxy) is 1. The quantitative estimate of drug-likeness (QED) is 0.420. The predicted molar refractivity (Wildman–Crippen MR) is 116 cm³/mol. The van der Waals surface area contributed by atoms with E-state index in [2.05, 4.69) is 10.2 Å². The normalized spacial score (nSPS) is 11.0. The summed E-state index contributed by atoms with van der Waals surface area (Å²) in [6, 6.07) is 16.7. The maximum atomic E-state index is 11.7. The second-order valence-corrected chi connectivity index (χ2v) is 7.19. The van der Waals surface area contributed by atoms with Crippen molar-refractivity contribution in [2.24, 2.45) is 0 Å². The van der Waals surface area contributed by atoms with Crippen molar-refractivity contribution in [1.82, 2.24) is 15.2 Å². The number of para-hydroxylation sites is 1. The fraction of sp³-hybridized carbons (Fsp3) is 0.174. The molecule has 0 radical (unpaired) electrons. The van der Waals surface area contributed by atoms with Crippen LogP contribution in [0.5, 0.6) is 5.75 Å². The summed E-state index contributed by atoms with van der Waals surface area (Å²) in [4.78, 5) is 16.4. The van der Waals surface area contributed by atoms with Gasteiger partial charge in [-0.15, -0.1) is 0 Å². The molecule has 0 unspecified atom stereocenters. The lowest BCUT2D eigenvalue weighted by molar-refractivity contribution is -0.143. The van der Waals surface area contributed by atoms with Crippen molar-refractivity contribution < 1.29 is 14.6 Å². The average Bonchev–Trinajstić information content (AvgIpc) is 3.14. The minimum absolute atomic E-state index is 0.229. The van der Waals surface area contributed by atoms with Gasteiger partial charge in [0.25, 0.3) is 0 Å². The third kappa shape index (κ3) is 4.00. The molecule has 0 saturated heterocycles. The number of fused-ring (bicyclic) bond motifs is 1. The van der Waals surface area contributed by atoms with Crippen LogP contribution in [-0.2, 0) is 16.0 Å². The van der Waals surface area contributed by atoms with Crippen molar-refractivity contribution in [3.8, 4) is 28.1 Å². The molecule has 2 aromatic heterocycles. The van der Waals surface area contributed by atoms with Crippen LogP contribution in [0.1, 0.15) is 19.0 Å². The van der Waals surface area contributed by atoms with Crippen LogP contribution in [0.2, 0.25) is 5.02 Å². The number of nitrogens with one attached hydrogen (secondary N) is 1. The van der Waals surface area contributed by atoms with Crippen LogP contribution in [0.15, 0.2) is 54.6 Å². The minimum Gasteiger partial charge on any atom is -0.507 e. The minimum atomic E-state index is -0.261. The summed E-state index contributed by atoms with van der Waals surface area (Å²) in [7, 11) is 0. The average molecular weight is 422 g/mol. The summed E-state index contributed by atoms with van der Waals surface area (Å²) in [5.41, 5.74) is 5.23. The van der Waals surface area contributed by atoms with Gasteiger partial charge in [0.05, 0.1) is 35.0 Å². The van der Waals surface area contributed by atoms with Crippen LogP contribution in [0, 0.1) is 0 Å². The Bertz CT molecular complexity index is 1200. The first kappa shape index (κ1) is 19.9. The summed E-state index contributed by atoms with van der Waals surface area (Å²) >= 11 is 6.47. The fourth-order valence-electron chi connectivity index (χ4n) is 3.33. The lowest BCUT2D eigenvalue weighted by Crippen LogP contribution is -2.05. The Balaban J connectivity index is 1.65. The van der Waals surface area contributed by atoms with E-state index in [1.165, 1.54) is 0 Å². The molecule has 0 saturated carbocycles.